The highest BCUT2D eigenvalue weighted by molar-refractivity contribution is 5.91. The molecule has 4 aromatic heterocycles. The van der Waals surface area contributed by atoms with E-state index in [0.717, 1.165) is 168 Å². The normalized spacial score (nSPS) is 18.1. The second kappa shape index (κ2) is 33.8. The number of hydrogen-bond donors (Lipinski definition) is 3. The van der Waals surface area contributed by atoms with Crippen LogP contribution in [0, 0.1) is 34.9 Å². The number of nitrogens with zero attached hydrogens (tertiary/aromatic N) is 7. The average molecular weight is 1600 g/mol. The van der Waals surface area contributed by atoms with E-state index in [2.05, 4.69) is 39.3 Å². The molecular weight excluding hydrogens is 1510 g/mol. The summed E-state index contributed by atoms with van der Waals surface area (Å²) in [6.07, 6.45) is 18.4. The Balaban J connectivity index is 0.000000152. The van der Waals surface area contributed by atoms with Crippen LogP contribution in [0.15, 0.2) is 199 Å². The second-order valence-electron chi connectivity index (χ2n) is 32.2. The van der Waals surface area contributed by atoms with Gasteiger partial charge in [-0.3, -0.25) is 29.3 Å². The first-order valence-corrected chi connectivity index (χ1v) is 38.5. The molecule has 604 valence electrons. The lowest BCUT2D eigenvalue weighted by Crippen LogP contribution is -2.48. The topological polar surface area (TPSA) is 178 Å². The molecule has 23 heteroatoms. The highest BCUT2D eigenvalue weighted by Gasteiger charge is 2.45. The molecule has 117 heavy (non-hydrogen) atoms. The molecule has 6 atom stereocenters. The molecule has 0 radical (unpaired) electrons. The number of aromatic nitrogens is 4. The molecule has 8 aromatic carbocycles. The number of pyridine rings is 2. The van der Waals surface area contributed by atoms with Gasteiger partial charge in [0.2, 0.25) is 0 Å². The summed E-state index contributed by atoms with van der Waals surface area (Å²) in [5.74, 6) is -8.24. The number of fused-ring (bicyclic) bond motifs is 7. The van der Waals surface area contributed by atoms with Gasteiger partial charge in [-0.2, -0.15) is 5.10 Å². The van der Waals surface area contributed by atoms with Crippen molar-refractivity contribution in [2.45, 2.75) is 148 Å². The van der Waals surface area contributed by atoms with Gasteiger partial charge < -0.3 is 19.7 Å². The lowest BCUT2D eigenvalue weighted by Gasteiger charge is -2.44. The lowest BCUT2D eigenvalue weighted by molar-refractivity contribution is -0.132. The quantitative estimate of drug-likeness (QED) is 0.0515. The molecule has 7 heterocycles. The molecular formula is C94H88F9N7O7. The van der Waals surface area contributed by atoms with Gasteiger partial charge in [0.15, 0.2) is 0 Å². The fraction of sp³-hybridized carbons (Fsp3) is 0.277. The van der Waals surface area contributed by atoms with E-state index in [1.54, 1.807) is 23.5 Å². The number of alkyl halides is 3. The maximum Gasteiger partial charge on any atom is 0.328 e. The molecule has 0 spiro atoms. The summed E-state index contributed by atoms with van der Waals surface area (Å²) < 4.78 is 147. The highest BCUT2D eigenvalue weighted by Crippen LogP contribution is 2.49. The van der Waals surface area contributed by atoms with Crippen molar-refractivity contribution in [1.29, 1.82) is 0 Å². The summed E-state index contributed by atoms with van der Waals surface area (Å²) in [4.78, 5) is 46.4. The van der Waals surface area contributed by atoms with E-state index >= 15 is 26.3 Å². The lowest BCUT2D eigenvalue weighted by atomic mass is 9.82. The Kier molecular flexibility index (Phi) is 24.0. The molecule has 12 aromatic rings. The van der Waals surface area contributed by atoms with Crippen LogP contribution in [0.1, 0.15) is 154 Å². The van der Waals surface area contributed by atoms with Crippen LogP contribution in [0.5, 0.6) is 0 Å². The number of aryl methyl sites for hydroxylation is 1. The van der Waals surface area contributed by atoms with Crippen LogP contribution in [0.4, 0.5) is 39.5 Å². The monoisotopic (exact) mass is 1600 g/mol. The summed E-state index contributed by atoms with van der Waals surface area (Å²) in [6, 6.07) is 36.9. The van der Waals surface area contributed by atoms with Gasteiger partial charge in [0.1, 0.15) is 69.3 Å². The minimum absolute atomic E-state index is 0.0156. The van der Waals surface area contributed by atoms with Crippen LogP contribution in [0.25, 0.3) is 84.1 Å². The Bertz CT molecular complexity index is 5590. The fourth-order valence-corrected chi connectivity index (χ4v) is 16.4. The van der Waals surface area contributed by atoms with E-state index in [1.807, 2.05) is 140 Å². The van der Waals surface area contributed by atoms with Crippen molar-refractivity contribution >= 4 is 68.7 Å². The van der Waals surface area contributed by atoms with E-state index in [-0.39, 0.29) is 71.1 Å². The summed E-state index contributed by atoms with van der Waals surface area (Å²) in [5, 5.41) is 36.1. The predicted octanol–water partition coefficient (Wildman–Crippen LogP) is 21.5. The Morgan fingerprint density at radius 1 is 0.444 bits per heavy atom. The van der Waals surface area contributed by atoms with Crippen LogP contribution in [0.3, 0.4) is 0 Å². The molecule has 3 aliphatic rings. The van der Waals surface area contributed by atoms with Crippen LogP contribution in [-0.4, -0.2) is 122 Å². The van der Waals surface area contributed by atoms with Gasteiger partial charge in [-0.1, -0.05) is 66.7 Å². The molecule has 15 rings (SSSR count). The number of aliphatic carboxylic acids is 3. The molecule has 0 saturated carbocycles. The van der Waals surface area contributed by atoms with Crippen molar-refractivity contribution in [3.8, 4) is 33.4 Å². The standard InChI is InChI=1S/2C32H29F3N2O2.C30H30F3N3O3/c2*1-19-12-25-16-22(21-5-6-24-17-36-11-10-23(24)15-21)7-8-26(25)31(37(19)18-32(2,3)35)30-27(33)13-20(14-28(30)34)4-9-29(38)39;1-5-35-15-20(14-34-35)19-7-8-25-21(13-19)22-10-17(2)36(16-30(3,4)33)28(29(22)39-25)27-23(31)11-18(12-24(27)32)6-9-26(37)38/h2*4-11,13-17,19,31H,12,18H2,1-3H3,(H,38,39);6-9,11-15,17,28H,5,10,16H2,1-4H3,(H,37,38)/b2*9-4+;9-6+/t2*19-,31+;17-,28-/m101/s1. The molecule has 0 unspecified atom stereocenters. The van der Waals surface area contributed by atoms with Gasteiger partial charge in [-0.05, 0) is 257 Å². The van der Waals surface area contributed by atoms with E-state index in [9.17, 15) is 27.6 Å². The van der Waals surface area contributed by atoms with Crippen LogP contribution in [0.2, 0.25) is 0 Å². The van der Waals surface area contributed by atoms with Crippen molar-refractivity contribution in [2.24, 2.45) is 0 Å². The third-order valence-corrected chi connectivity index (χ3v) is 21.5. The summed E-state index contributed by atoms with van der Waals surface area (Å²) >= 11 is 0. The fourth-order valence-electron chi connectivity index (χ4n) is 16.4. The first-order valence-electron chi connectivity index (χ1n) is 38.5. The number of benzene rings is 8. The highest BCUT2D eigenvalue weighted by atomic mass is 19.2. The predicted molar refractivity (Wildman–Crippen MR) is 437 cm³/mol. The zero-order valence-electron chi connectivity index (χ0n) is 66.1. The number of carboxylic acids is 3. The average Bonchev–Trinajstić information content (AvgIpc) is 1.59. The zero-order chi connectivity index (χ0) is 83.9. The number of halogens is 9. The van der Waals surface area contributed by atoms with Crippen LogP contribution < -0.4 is 0 Å². The van der Waals surface area contributed by atoms with Gasteiger partial charge in [0.05, 0.1) is 18.3 Å². The maximum atomic E-state index is 15.6. The Morgan fingerprint density at radius 3 is 1.19 bits per heavy atom. The largest absolute Gasteiger partial charge is 0.478 e. The van der Waals surface area contributed by atoms with Crippen molar-refractivity contribution in [2.75, 3.05) is 19.6 Å². The molecule has 0 saturated heterocycles. The Hall–Kier alpha value is -11.8. The summed E-state index contributed by atoms with van der Waals surface area (Å²) in [5.41, 5.74) is 5.42. The van der Waals surface area contributed by atoms with Crippen LogP contribution >= 0.6 is 0 Å². The van der Waals surface area contributed by atoms with Crippen LogP contribution in [-0.2, 0) is 40.2 Å². The molecule has 3 N–H and O–H groups in total. The smallest absolute Gasteiger partial charge is 0.328 e. The summed E-state index contributed by atoms with van der Waals surface area (Å²) in [6.45, 7) is 17.1. The number of carbonyl (C=O) groups is 3. The molecule has 3 aliphatic heterocycles. The van der Waals surface area contributed by atoms with E-state index in [1.165, 1.54) is 41.5 Å². The van der Waals surface area contributed by atoms with Crippen molar-refractivity contribution in [3.05, 3.63) is 297 Å². The van der Waals surface area contributed by atoms with Crippen molar-refractivity contribution in [1.82, 2.24) is 34.4 Å². The number of rotatable bonds is 19. The van der Waals surface area contributed by atoms with Gasteiger partial charge >= 0.3 is 17.9 Å². The molecule has 14 nitrogen and oxygen atoms in total. The minimum atomic E-state index is -1.64. The molecule has 0 amide bonds. The van der Waals surface area contributed by atoms with Gasteiger partial charge in [-0.15, -0.1) is 0 Å². The zero-order valence-corrected chi connectivity index (χ0v) is 66.1. The number of furan rings is 1. The summed E-state index contributed by atoms with van der Waals surface area (Å²) in [7, 11) is 0. The molecule has 0 bridgehead atoms. The van der Waals surface area contributed by atoms with E-state index in [0.29, 0.717) is 30.6 Å². The van der Waals surface area contributed by atoms with Gasteiger partial charge in [0, 0.05) is 137 Å². The maximum absolute atomic E-state index is 15.6. The Morgan fingerprint density at radius 2 is 0.803 bits per heavy atom. The second-order valence-corrected chi connectivity index (χ2v) is 32.2. The SMILES string of the molecule is CCn1cc(-c2ccc3oc4c(c3c2)C[C@@H](C)N(CC(C)(C)F)[C@@H]4c2c(F)cc(/C=C/C(=O)O)cc2F)cn1.C[C@@H]1Cc2cc(-c3ccc4cnccc4c3)ccc2[C@@H](c2c(F)cc(/C=C/C(=O)O)cc2F)N1CC(C)(C)F.C[C@H]1Cc2cc(-c3ccc4cnccc4c3)ccc2[C@H](c2c(F)cc(/C=C/C(=O)O)cc2F)N1CC(C)(C)F. The van der Waals surface area contributed by atoms with E-state index in [4.69, 9.17) is 19.7 Å². The number of carboxylic acid groups (broad SMARTS) is 3. The third-order valence-electron chi connectivity index (χ3n) is 21.5. The minimum Gasteiger partial charge on any atom is -0.478 e. The van der Waals surface area contributed by atoms with E-state index < -0.39 is 87.9 Å². The number of hydrogen-bond acceptors (Lipinski definition) is 10. The van der Waals surface area contributed by atoms with Crippen molar-refractivity contribution < 1.29 is 73.6 Å². The first kappa shape index (κ1) is 83.2. The van der Waals surface area contributed by atoms with Gasteiger partial charge in [0.25, 0.3) is 0 Å². The van der Waals surface area contributed by atoms with Crippen molar-refractivity contribution in [3.63, 3.8) is 0 Å². The molecule has 0 fully saturated rings. The first-order chi connectivity index (χ1) is 55.4. The molecule has 0 aliphatic carbocycles. The third kappa shape index (κ3) is 18.9. The van der Waals surface area contributed by atoms with Gasteiger partial charge in [-0.25, -0.2) is 53.9 Å². The Labute approximate surface area is 671 Å².